The molecule has 0 bridgehead atoms. The number of Topliss-reactive ketones (excluding diaryl/α,β-unsaturated/α-hetero) is 1. The largest absolute Gasteiger partial charge is 0.462 e. The van der Waals surface area contributed by atoms with Gasteiger partial charge in [0.25, 0.3) is 0 Å². The molecule has 5 fully saturated rings. The van der Waals surface area contributed by atoms with Crippen LogP contribution in [-0.4, -0.2) is 18.4 Å². The van der Waals surface area contributed by atoms with Crippen molar-refractivity contribution in [2.75, 3.05) is 6.61 Å². The maximum atomic E-state index is 12.1. The number of hydrogen-bond acceptors (Lipinski definition) is 3. The van der Waals surface area contributed by atoms with Gasteiger partial charge in [-0.25, -0.2) is 4.79 Å². The first-order valence-electron chi connectivity index (χ1n) is 12.2. The van der Waals surface area contributed by atoms with Crippen LogP contribution in [0.2, 0.25) is 0 Å². The molecule has 0 aromatic rings. The minimum atomic E-state index is -0.0849. The summed E-state index contributed by atoms with van der Waals surface area (Å²) in [5.41, 5.74) is 1.73. The molecule has 0 amide bonds. The second kappa shape index (κ2) is 6.95. The van der Waals surface area contributed by atoms with Crippen molar-refractivity contribution in [1.29, 1.82) is 0 Å². The second-order valence-corrected chi connectivity index (χ2v) is 11.6. The molecule has 0 spiro atoms. The normalized spacial score (nSPS) is 49.3. The molecule has 8 atom stereocenters. The number of fused-ring (bicyclic) bond motifs is 5. The Morgan fingerprint density at radius 1 is 0.966 bits per heavy atom. The number of carbonyl (C=O) groups is 2. The summed E-state index contributed by atoms with van der Waals surface area (Å²) in [5.74, 6) is 4.73. The van der Waals surface area contributed by atoms with Crippen LogP contribution in [-0.2, 0) is 14.3 Å². The fraction of sp³-hybridized carbons (Fsp3) is 0.846. The van der Waals surface area contributed by atoms with E-state index >= 15 is 0 Å². The predicted molar refractivity (Wildman–Crippen MR) is 113 cm³/mol. The van der Waals surface area contributed by atoms with Gasteiger partial charge in [0.1, 0.15) is 5.78 Å². The zero-order valence-corrected chi connectivity index (χ0v) is 18.5. The molecule has 4 aliphatic carbocycles. The molecule has 0 aromatic carbocycles. The summed E-state index contributed by atoms with van der Waals surface area (Å²) in [7, 11) is 0. The van der Waals surface area contributed by atoms with Crippen molar-refractivity contribution in [2.24, 2.45) is 46.3 Å². The van der Waals surface area contributed by atoms with Gasteiger partial charge in [-0.2, -0.15) is 0 Å². The highest BCUT2D eigenvalue weighted by atomic mass is 16.5. The van der Waals surface area contributed by atoms with Crippen LogP contribution >= 0.6 is 0 Å². The molecule has 1 saturated heterocycles. The first kappa shape index (κ1) is 19.8. The van der Waals surface area contributed by atoms with E-state index in [1.165, 1.54) is 38.5 Å². The number of allylic oxidation sites excluding steroid dienone is 1. The molecule has 0 N–H and O–H groups in total. The van der Waals surface area contributed by atoms with E-state index in [0.29, 0.717) is 41.0 Å². The van der Waals surface area contributed by atoms with Gasteiger partial charge in [-0.3, -0.25) is 4.79 Å². The molecular formula is C26H38O3. The molecule has 3 unspecified atom stereocenters. The zero-order chi connectivity index (χ0) is 20.4. The average Bonchev–Trinajstić information content (AvgIpc) is 3.25. The minimum Gasteiger partial charge on any atom is -0.462 e. The Bertz CT molecular complexity index is 738. The molecule has 5 rings (SSSR count). The smallest absolute Gasteiger partial charge is 0.333 e. The Kier molecular flexibility index (Phi) is 4.75. The van der Waals surface area contributed by atoms with Gasteiger partial charge in [0.15, 0.2) is 0 Å². The molecule has 3 heteroatoms. The van der Waals surface area contributed by atoms with Gasteiger partial charge in [-0.05, 0) is 91.3 Å². The van der Waals surface area contributed by atoms with Gasteiger partial charge >= 0.3 is 5.97 Å². The third-order valence-corrected chi connectivity index (χ3v) is 10.5. The number of carbonyl (C=O) groups excluding carboxylic acids is 2. The van der Waals surface area contributed by atoms with Gasteiger partial charge in [0.2, 0.25) is 0 Å². The summed E-state index contributed by atoms with van der Waals surface area (Å²) in [6, 6.07) is 0. The van der Waals surface area contributed by atoms with Crippen molar-refractivity contribution >= 4 is 11.8 Å². The first-order valence-corrected chi connectivity index (χ1v) is 12.2. The number of rotatable bonds is 2. The Morgan fingerprint density at radius 2 is 1.76 bits per heavy atom. The highest BCUT2D eigenvalue weighted by molar-refractivity contribution is 5.90. The highest BCUT2D eigenvalue weighted by Crippen LogP contribution is 2.68. The predicted octanol–water partition coefficient (Wildman–Crippen LogP) is 5.72. The lowest BCUT2D eigenvalue weighted by molar-refractivity contribution is -0.140. The first-order chi connectivity index (χ1) is 13.8. The molecule has 5 aliphatic rings. The SMILES string of the molecule is C[C@H](/C=C1\CCOC1=O)[C@H]1CCC2C3CC[C@H]4CC(=O)CC[C@]4(C)C3CC[C@@]21C. The van der Waals surface area contributed by atoms with Gasteiger partial charge in [0, 0.05) is 24.8 Å². The fourth-order valence-corrected chi connectivity index (χ4v) is 8.98. The lowest BCUT2D eigenvalue weighted by Crippen LogP contribution is -2.53. The van der Waals surface area contributed by atoms with Crippen molar-refractivity contribution in [3.05, 3.63) is 11.6 Å². The van der Waals surface area contributed by atoms with E-state index in [4.69, 9.17) is 4.74 Å². The van der Waals surface area contributed by atoms with Crippen LogP contribution < -0.4 is 0 Å². The van der Waals surface area contributed by atoms with Crippen molar-refractivity contribution in [2.45, 2.75) is 85.0 Å². The van der Waals surface area contributed by atoms with Crippen LogP contribution in [0.15, 0.2) is 11.6 Å². The second-order valence-electron chi connectivity index (χ2n) is 11.6. The number of ketones is 1. The molecule has 4 saturated carbocycles. The van der Waals surface area contributed by atoms with E-state index in [1.54, 1.807) is 0 Å². The Hall–Kier alpha value is -1.12. The molecule has 29 heavy (non-hydrogen) atoms. The quantitative estimate of drug-likeness (QED) is 0.441. The van der Waals surface area contributed by atoms with Crippen LogP contribution in [0.4, 0.5) is 0 Å². The van der Waals surface area contributed by atoms with E-state index in [-0.39, 0.29) is 5.97 Å². The van der Waals surface area contributed by atoms with Gasteiger partial charge < -0.3 is 4.74 Å². The molecule has 1 heterocycles. The van der Waals surface area contributed by atoms with Crippen LogP contribution in [0.1, 0.15) is 85.0 Å². The average molecular weight is 399 g/mol. The Balaban J connectivity index is 1.37. The van der Waals surface area contributed by atoms with Crippen molar-refractivity contribution < 1.29 is 14.3 Å². The van der Waals surface area contributed by atoms with Crippen molar-refractivity contribution in [3.63, 3.8) is 0 Å². The van der Waals surface area contributed by atoms with Crippen LogP contribution in [0.5, 0.6) is 0 Å². The van der Waals surface area contributed by atoms with E-state index in [9.17, 15) is 9.59 Å². The molecule has 0 aromatic heterocycles. The van der Waals surface area contributed by atoms with E-state index < -0.39 is 0 Å². The maximum absolute atomic E-state index is 12.1. The van der Waals surface area contributed by atoms with Gasteiger partial charge in [-0.1, -0.05) is 26.8 Å². The molecule has 1 aliphatic heterocycles. The number of ether oxygens (including phenoxy) is 1. The standard InChI is InChI=1S/C26H38O3/c1-16(14-17-10-13-29-24(17)28)21-6-7-22-20-5-4-18-15-19(27)8-11-25(18,2)23(20)9-12-26(21,22)3/h14,16,18,20-23H,4-13,15H2,1-3H3/b17-14+/t16-,18+,20?,21-,22?,23?,25+,26-/m1/s1. The van der Waals surface area contributed by atoms with Crippen LogP contribution in [0, 0.1) is 46.3 Å². The van der Waals surface area contributed by atoms with Crippen LogP contribution in [0.3, 0.4) is 0 Å². The van der Waals surface area contributed by atoms with Crippen molar-refractivity contribution in [1.82, 2.24) is 0 Å². The third kappa shape index (κ3) is 2.97. The fourth-order valence-electron chi connectivity index (χ4n) is 8.98. The minimum absolute atomic E-state index is 0.0849. The van der Waals surface area contributed by atoms with E-state index in [0.717, 1.165) is 49.0 Å². The Labute approximate surface area is 176 Å². The zero-order valence-electron chi connectivity index (χ0n) is 18.5. The van der Waals surface area contributed by atoms with Gasteiger partial charge in [0.05, 0.1) is 6.61 Å². The summed E-state index contributed by atoms with van der Waals surface area (Å²) < 4.78 is 5.17. The van der Waals surface area contributed by atoms with E-state index in [1.807, 2.05) is 0 Å². The molecule has 3 nitrogen and oxygen atoms in total. The Morgan fingerprint density at radius 3 is 2.52 bits per heavy atom. The summed E-state index contributed by atoms with van der Waals surface area (Å²) in [4.78, 5) is 24.1. The molecule has 0 radical (unpaired) electrons. The summed E-state index contributed by atoms with van der Waals surface area (Å²) in [6.45, 7) is 8.02. The summed E-state index contributed by atoms with van der Waals surface area (Å²) >= 11 is 0. The number of hydrogen-bond donors (Lipinski definition) is 0. The summed E-state index contributed by atoms with van der Waals surface area (Å²) in [6.07, 6.45) is 13.8. The number of esters is 1. The monoisotopic (exact) mass is 398 g/mol. The lowest BCUT2D eigenvalue weighted by atomic mass is 9.44. The van der Waals surface area contributed by atoms with Crippen LogP contribution in [0.25, 0.3) is 0 Å². The number of cyclic esters (lactones) is 1. The van der Waals surface area contributed by atoms with Crippen molar-refractivity contribution in [3.8, 4) is 0 Å². The van der Waals surface area contributed by atoms with E-state index in [2.05, 4.69) is 26.8 Å². The third-order valence-electron chi connectivity index (χ3n) is 10.5. The maximum Gasteiger partial charge on any atom is 0.333 e. The summed E-state index contributed by atoms with van der Waals surface area (Å²) in [5, 5.41) is 0. The topological polar surface area (TPSA) is 43.4 Å². The highest BCUT2D eigenvalue weighted by Gasteiger charge is 2.60. The molecule has 160 valence electrons. The lowest BCUT2D eigenvalue weighted by Gasteiger charge is -2.60. The molecular weight excluding hydrogens is 360 g/mol. The van der Waals surface area contributed by atoms with Gasteiger partial charge in [-0.15, -0.1) is 0 Å².